The van der Waals surface area contributed by atoms with Crippen LogP contribution in [0.15, 0.2) is 54.4 Å². The van der Waals surface area contributed by atoms with Gasteiger partial charge in [-0.3, -0.25) is 0 Å². The fourth-order valence-electron chi connectivity index (χ4n) is 3.76. The van der Waals surface area contributed by atoms with Crippen LogP contribution in [0.2, 0.25) is 5.15 Å². The molecule has 0 amide bonds. The summed E-state index contributed by atoms with van der Waals surface area (Å²) in [7, 11) is 0. The molecule has 166 valence electrons. The third-order valence-electron chi connectivity index (χ3n) is 5.12. The van der Waals surface area contributed by atoms with Gasteiger partial charge < -0.3 is 15.0 Å². The number of hydrogen-bond donors (Lipinski definition) is 1. The molecule has 3 aromatic rings. The highest BCUT2D eigenvalue weighted by Gasteiger charge is 2.45. The first kappa shape index (κ1) is 20.6. The van der Waals surface area contributed by atoms with E-state index in [-0.39, 0.29) is 23.7 Å². The van der Waals surface area contributed by atoms with Crippen LogP contribution in [0, 0.1) is 11.7 Å². The first-order valence-corrected chi connectivity index (χ1v) is 9.95. The molecule has 2 aromatic heterocycles. The number of benzene rings is 1. The van der Waals surface area contributed by atoms with Crippen molar-refractivity contribution in [2.24, 2.45) is 5.92 Å². The van der Waals surface area contributed by atoms with E-state index in [9.17, 15) is 17.6 Å². The normalized spacial score (nSPS) is 19.5. The minimum Gasteiger partial charge on any atom is -0.424 e. The number of halogens is 5. The summed E-state index contributed by atoms with van der Waals surface area (Å²) in [5, 5.41) is 7.36. The molecule has 2 unspecified atom stereocenters. The second kappa shape index (κ2) is 7.66. The van der Waals surface area contributed by atoms with Crippen LogP contribution in [-0.4, -0.2) is 38.5 Å². The highest BCUT2D eigenvalue weighted by molar-refractivity contribution is 6.29. The molecule has 32 heavy (non-hydrogen) atoms. The number of hydrogen-bond acceptors (Lipinski definition) is 6. The average molecular weight is 467 g/mol. The lowest BCUT2D eigenvalue weighted by Crippen LogP contribution is -2.34. The summed E-state index contributed by atoms with van der Waals surface area (Å²) in [5.74, 6) is -0.466. The SMILES string of the molecule is Fc1cccc(Oc2nc(NC3C4=CC3CN4c3ccnc(Cl)c3)nn2CC(F)(F)F)c1. The molecule has 1 fully saturated rings. The van der Waals surface area contributed by atoms with Crippen LogP contribution >= 0.6 is 11.6 Å². The van der Waals surface area contributed by atoms with Crippen molar-refractivity contribution < 1.29 is 22.3 Å². The maximum absolute atomic E-state index is 13.4. The number of alkyl halides is 3. The van der Waals surface area contributed by atoms with Crippen LogP contribution in [0.25, 0.3) is 0 Å². The smallest absolute Gasteiger partial charge is 0.408 e. The average Bonchev–Trinajstić information content (AvgIpc) is 3.39. The van der Waals surface area contributed by atoms with Crippen molar-refractivity contribution in [3.63, 3.8) is 0 Å². The van der Waals surface area contributed by atoms with Crippen molar-refractivity contribution in [3.8, 4) is 11.8 Å². The predicted molar refractivity (Wildman–Crippen MR) is 108 cm³/mol. The predicted octanol–water partition coefficient (Wildman–Crippen LogP) is 4.63. The van der Waals surface area contributed by atoms with E-state index < -0.39 is 24.5 Å². The van der Waals surface area contributed by atoms with Crippen molar-refractivity contribution in [2.75, 3.05) is 16.8 Å². The summed E-state index contributed by atoms with van der Waals surface area (Å²) in [6.07, 6.45) is -0.879. The van der Waals surface area contributed by atoms with E-state index in [1.54, 1.807) is 12.3 Å². The topological polar surface area (TPSA) is 68.1 Å². The van der Waals surface area contributed by atoms with Crippen molar-refractivity contribution in [1.29, 1.82) is 0 Å². The van der Waals surface area contributed by atoms with Gasteiger partial charge in [-0.05, 0) is 24.3 Å². The monoisotopic (exact) mass is 466 g/mol. The first-order chi connectivity index (χ1) is 15.2. The minimum absolute atomic E-state index is 0.0135. The van der Waals surface area contributed by atoms with Gasteiger partial charge in [0.1, 0.15) is 23.3 Å². The van der Waals surface area contributed by atoms with E-state index in [1.165, 1.54) is 18.2 Å². The lowest BCUT2D eigenvalue weighted by Gasteiger charge is -2.27. The Morgan fingerprint density at radius 3 is 2.81 bits per heavy atom. The quantitative estimate of drug-likeness (QED) is 0.422. The molecule has 1 aromatic carbocycles. The van der Waals surface area contributed by atoms with Gasteiger partial charge in [0.15, 0.2) is 0 Å². The Kier molecular flexibility index (Phi) is 4.92. The zero-order chi connectivity index (χ0) is 22.5. The van der Waals surface area contributed by atoms with Crippen LogP contribution in [0.1, 0.15) is 0 Å². The zero-order valence-electron chi connectivity index (χ0n) is 16.2. The number of pyridine rings is 1. The summed E-state index contributed by atoms with van der Waals surface area (Å²) in [6.45, 7) is -0.714. The van der Waals surface area contributed by atoms with Gasteiger partial charge in [0.25, 0.3) is 0 Å². The molecule has 2 aliphatic heterocycles. The molecule has 12 heteroatoms. The van der Waals surface area contributed by atoms with Gasteiger partial charge in [-0.15, -0.1) is 5.10 Å². The molecule has 6 rings (SSSR count). The van der Waals surface area contributed by atoms with Crippen molar-refractivity contribution in [3.05, 3.63) is 65.3 Å². The molecule has 1 saturated heterocycles. The lowest BCUT2D eigenvalue weighted by atomic mass is 9.91. The van der Waals surface area contributed by atoms with Crippen molar-refractivity contribution in [2.45, 2.75) is 18.8 Å². The Morgan fingerprint density at radius 2 is 2.06 bits per heavy atom. The molecule has 3 aliphatic rings. The van der Waals surface area contributed by atoms with E-state index >= 15 is 0 Å². The summed E-state index contributed by atoms with van der Waals surface area (Å²) in [4.78, 5) is 10.1. The molecule has 4 heterocycles. The first-order valence-electron chi connectivity index (χ1n) is 9.57. The summed E-state index contributed by atoms with van der Waals surface area (Å²) in [5.41, 5.74) is 1.81. The second-order valence-electron chi connectivity index (χ2n) is 7.38. The molecule has 0 radical (unpaired) electrons. The molecule has 0 saturated carbocycles. The Labute approximate surface area is 184 Å². The molecule has 2 atom stereocenters. The fraction of sp³-hybridized carbons (Fsp3) is 0.250. The minimum atomic E-state index is -4.54. The zero-order valence-corrected chi connectivity index (χ0v) is 17.0. The number of aromatic nitrogens is 4. The molecule has 1 N–H and O–H groups in total. The largest absolute Gasteiger partial charge is 0.424 e. The van der Waals surface area contributed by atoms with Gasteiger partial charge in [-0.1, -0.05) is 23.7 Å². The lowest BCUT2D eigenvalue weighted by molar-refractivity contribution is -0.143. The van der Waals surface area contributed by atoms with Crippen LogP contribution in [0.5, 0.6) is 11.8 Å². The number of nitrogens with one attached hydrogen (secondary N) is 1. The van der Waals surface area contributed by atoms with Gasteiger partial charge in [0.05, 0.1) is 6.04 Å². The van der Waals surface area contributed by atoms with Gasteiger partial charge in [0, 0.05) is 36.1 Å². The highest BCUT2D eigenvalue weighted by atomic mass is 35.5. The standard InChI is InChI=1S/C20H15ClF4N6O/c21-16-8-13(4-5-26-16)30-9-11-6-15(30)17(11)27-18-28-19(31(29-18)10-20(23,24)25)32-14-3-1-2-12(22)7-14/h1-8,11,17H,9-10H2,(H,27,29). The van der Waals surface area contributed by atoms with Crippen LogP contribution < -0.4 is 15.0 Å². The number of nitrogens with zero attached hydrogens (tertiary/aromatic N) is 5. The van der Waals surface area contributed by atoms with Gasteiger partial charge in [-0.2, -0.15) is 18.2 Å². The molecule has 0 spiro atoms. The molecular weight excluding hydrogens is 452 g/mol. The third-order valence-corrected chi connectivity index (χ3v) is 5.32. The Balaban J connectivity index is 1.36. The maximum atomic E-state index is 13.4. The Bertz CT molecular complexity index is 1200. The summed E-state index contributed by atoms with van der Waals surface area (Å²) >= 11 is 5.98. The van der Waals surface area contributed by atoms with Crippen molar-refractivity contribution in [1.82, 2.24) is 19.7 Å². The molecule has 2 bridgehead atoms. The third kappa shape index (κ3) is 4.07. The fourth-order valence-corrected chi connectivity index (χ4v) is 3.93. The molecule has 7 nitrogen and oxygen atoms in total. The summed E-state index contributed by atoms with van der Waals surface area (Å²) in [6, 6.07) is 8.04. The Hall–Kier alpha value is -3.34. The van der Waals surface area contributed by atoms with Gasteiger partial charge >= 0.3 is 12.2 Å². The summed E-state index contributed by atoms with van der Waals surface area (Å²) < 4.78 is 58.5. The molecule has 1 aliphatic carbocycles. The van der Waals surface area contributed by atoms with Gasteiger partial charge in [0.2, 0.25) is 5.95 Å². The number of ether oxygens (including phenoxy) is 1. The maximum Gasteiger partial charge on any atom is 0.408 e. The van der Waals surface area contributed by atoms with E-state index in [0.29, 0.717) is 16.4 Å². The Morgan fingerprint density at radius 1 is 1.22 bits per heavy atom. The molecular formula is C20H15ClF4N6O. The van der Waals surface area contributed by atoms with Crippen molar-refractivity contribution >= 4 is 23.2 Å². The highest BCUT2D eigenvalue weighted by Crippen LogP contribution is 2.43. The van der Waals surface area contributed by atoms with E-state index in [2.05, 4.69) is 26.5 Å². The van der Waals surface area contributed by atoms with Gasteiger partial charge in [-0.25, -0.2) is 14.1 Å². The van der Waals surface area contributed by atoms with E-state index in [1.807, 2.05) is 11.0 Å². The van der Waals surface area contributed by atoms with E-state index in [0.717, 1.165) is 17.5 Å². The number of anilines is 2. The van der Waals surface area contributed by atoms with Crippen LogP contribution in [0.3, 0.4) is 0 Å². The second-order valence-corrected chi connectivity index (χ2v) is 7.76. The number of rotatable bonds is 6. The van der Waals surface area contributed by atoms with E-state index in [4.69, 9.17) is 16.3 Å². The van der Waals surface area contributed by atoms with Crippen LogP contribution in [0.4, 0.5) is 29.2 Å². The number of fused-ring (bicyclic) bond motifs is 1. The van der Waals surface area contributed by atoms with Crippen LogP contribution in [-0.2, 0) is 6.54 Å².